The van der Waals surface area contributed by atoms with Crippen molar-refractivity contribution >= 4 is 41.1 Å². The zero-order valence-electron chi connectivity index (χ0n) is 27.1. The van der Waals surface area contributed by atoms with Gasteiger partial charge in [0, 0.05) is 24.7 Å². The third-order valence-electron chi connectivity index (χ3n) is 9.00. The number of amides is 1. The lowest BCUT2D eigenvalue weighted by atomic mass is 9.86. The van der Waals surface area contributed by atoms with Crippen LogP contribution >= 0.6 is 23.2 Å². The van der Waals surface area contributed by atoms with Crippen LogP contribution in [-0.2, 0) is 22.4 Å². The molecule has 1 amide bonds. The number of benzene rings is 2. The number of pyridine rings is 2. The number of fused-ring (bicyclic) bond motifs is 3. The zero-order chi connectivity index (χ0) is 34.5. The van der Waals surface area contributed by atoms with Crippen LogP contribution in [-0.4, -0.2) is 61.9 Å². The standard InChI is InChI=1S/C36H36Cl2N4O7/c1-46-30-11-10-26(17-32(30)47-2)31(18-27-28(37)20-41(45)21-29(27)38)48-35(43)25-8-6-23(7-9-25)19-42(34-5-3-4-14-39-34)36(44)49-33-22-40-15-12-24(33)13-16-40/h3-11,14,17,20-21,24,31,33H,12-13,15-16,18-19,22H2,1-2H3/t31?,33-/m0/s1. The van der Waals surface area contributed by atoms with Gasteiger partial charge in [-0.3, -0.25) is 9.80 Å². The average Bonchev–Trinajstić information content (AvgIpc) is 3.12. The molecule has 49 heavy (non-hydrogen) atoms. The maximum atomic E-state index is 13.6. The van der Waals surface area contributed by atoms with E-state index >= 15 is 0 Å². The lowest BCUT2D eigenvalue weighted by molar-refractivity contribution is -0.605. The number of anilines is 1. The Bertz CT molecular complexity index is 1760. The molecule has 0 spiro atoms. The molecular weight excluding hydrogens is 671 g/mol. The molecule has 3 aliphatic heterocycles. The molecule has 256 valence electrons. The van der Waals surface area contributed by atoms with Gasteiger partial charge in [0.05, 0.1) is 26.3 Å². The van der Waals surface area contributed by atoms with Gasteiger partial charge in [-0.1, -0.05) is 47.5 Å². The van der Waals surface area contributed by atoms with Gasteiger partial charge in [-0.25, -0.2) is 14.6 Å². The fraction of sp³-hybridized carbons (Fsp3) is 0.333. The van der Waals surface area contributed by atoms with Crippen molar-refractivity contribution in [1.82, 2.24) is 9.88 Å². The van der Waals surface area contributed by atoms with Crippen LogP contribution in [0.25, 0.3) is 0 Å². The first kappa shape index (κ1) is 34.3. The van der Waals surface area contributed by atoms with Gasteiger partial charge in [-0.05, 0) is 79.4 Å². The van der Waals surface area contributed by atoms with Crippen LogP contribution in [0.15, 0.2) is 79.3 Å². The Labute approximate surface area is 294 Å². The summed E-state index contributed by atoms with van der Waals surface area (Å²) in [5.74, 6) is 1.18. The van der Waals surface area contributed by atoms with Crippen molar-refractivity contribution < 1.29 is 33.3 Å². The fourth-order valence-electron chi connectivity index (χ4n) is 6.31. The summed E-state index contributed by atoms with van der Waals surface area (Å²) in [4.78, 5) is 35.4. The zero-order valence-corrected chi connectivity index (χ0v) is 28.6. The van der Waals surface area contributed by atoms with Gasteiger partial charge in [0.25, 0.3) is 0 Å². The summed E-state index contributed by atoms with van der Waals surface area (Å²) in [5, 5.41) is 12.1. The van der Waals surface area contributed by atoms with Crippen LogP contribution in [0.4, 0.5) is 10.6 Å². The van der Waals surface area contributed by atoms with Crippen molar-refractivity contribution in [2.75, 3.05) is 38.8 Å². The largest absolute Gasteiger partial charge is 0.619 e. The van der Waals surface area contributed by atoms with E-state index in [2.05, 4.69) is 9.88 Å². The highest BCUT2D eigenvalue weighted by Crippen LogP contribution is 2.36. The second-order valence-electron chi connectivity index (χ2n) is 12.0. The van der Waals surface area contributed by atoms with Crippen LogP contribution in [0.3, 0.4) is 0 Å². The van der Waals surface area contributed by atoms with Crippen LogP contribution < -0.4 is 19.1 Å². The number of nitrogens with zero attached hydrogens (tertiary/aromatic N) is 4. The van der Waals surface area contributed by atoms with E-state index in [1.165, 1.54) is 31.5 Å². The summed E-state index contributed by atoms with van der Waals surface area (Å²) in [6, 6.07) is 17.3. The van der Waals surface area contributed by atoms with Crippen molar-refractivity contribution in [1.29, 1.82) is 0 Å². The van der Waals surface area contributed by atoms with Gasteiger partial charge < -0.3 is 24.2 Å². The summed E-state index contributed by atoms with van der Waals surface area (Å²) in [6.45, 7) is 3.02. The normalized spacial score (nSPS) is 18.7. The maximum Gasteiger partial charge on any atom is 0.416 e. The van der Waals surface area contributed by atoms with Crippen LogP contribution in [0, 0.1) is 11.1 Å². The fourth-order valence-corrected chi connectivity index (χ4v) is 6.91. The Hall–Kier alpha value is -4.58. The number of halogens is 2. The number of ether oxygens (including phenoxy) is 4. The van der Waals surface area contributed by atoms with E-state index < -0.39 is 18.2 Å². The van der Waals surface area contributed by atoms with E-state index in [4.69, 9.17) is 42.1 Å². The topological polar surface area (TPSA) is 117 Å². The van der Waals surface area contributed by atoms with Crippen molar-refractivity contribution in [2.24, 2.45) is 5.92 Å². The van der Waals surface area contributed by atoms with Crippen LogP contribution in [0.1, 0.15) is 46.0 Å². The van der Waals surface area contributed by atoms with Gasteiger partial charge in [0.2, 0.25) is 0 Å². The number of hydrogen-bond acceptors (Lipinski definition) is 9. The summed E-state index contributed by atoms with van der Waals surface area (Å²) in [7, 11) is 3.03. The number of esters is 1. The minimum atomic E-state index is -0.856. The highest BCUT2D eigenvalue weighted by Gasteiger charge is 2.37. The molecule has 0 saturated carbocycles. The Morgan fingerprint density at radius 1 is 1.00 bits per heavy atom. The van der Waals surface area contributed by atoms with Crippen LogP contribution in [0.5, 0.6) is 11.5 Å². The van der Waals surface area contributed by atoms with Crippen molar-refractivity contribution in [3.63, 3.8) is 0 Å². The van der Waals surface area contributed by atoms with Crippen LogP contribution in [0.2, 0.25) is 10.0 Å². The maximum absolute atomic E-state index is 13.6. The SMILES string of the molecule is COc1ccc(C(Cc2c(Cl)c[n+]([O-])cc2Cl)OC(=O)c2ccc(CN(C(=O)O[C@H]3CN4CCC3CC4)c3ccccn3)cc2)cc1OC. The van der Waals surface area contributed by atoms with E-state index in [0.717, 1.165) is 38.0 Å². The molecule has 0 aliphatic carbocycles. The van der Waals surface area contributed by atoms with Gasteiger partial charge in [0.1, 0.15) is 28.1 Å². The molecule has 7 rings (SSSR count). The van der Waals surface area contributed by atoms with Crippen molar-refractivity contribution in [2.45, 2.75) is 38.0 Å². The first-order valence-electron chi connectivity index (χ1n) is 15.9. The molecule has 2 atom stereocenters. The van der Waals surface area contributed by atoms with Gasteiger partial charge in [-0.2, -0.15) is 4.73 Å². The third-order valence-corrected chi connectivity index (χ3v) is 9.65. The highest BCUT2D eigenvalue weighted by molar-refractivity contribution is 6.35. The molecule has 11 nitrogen and oxygen atoms in total. The number of aromatic nitrogens is 2. The lowest BCUT2D eigenvalue weighted by Gasteiger charge is -2.44. The molecule has 3 saturated heterocycles. The van der Waals surface area contributed by atoms with E-state index in [1.54, 1.807) is 60.8 Å². The number of methoxy groups -OCH3 is 2. The number of carbonyl (C=O) groups is 2. The smallest absolute Gasteiger partial charge is 0.416 e. The van der Waals surface area contributed by atoms with Crippen molar-refractivity contribution in [3.8, 4) is 11.5 Å². The summed E-state index contributed by atoms with van der Waals surface area (Å²) < 4.78 is 23.4. The van der Waals surface area contributed by atoms with E-state index in [1.807, 2.05) is 6.07 Å². The molecule has 1 unspecified atom stereocenters. The summed E-state index contributed by atoms with van der Waals surface area (Å²) in [6.07, 6.45) is 4.68. The van der Waals surface area contributed by atoms with E-state index in [0.29, 0.717) is 39.1 Å². The molecule has 4 aromatic rings. The van der Waals surface area contributed by atoms with Gasteiger partial charge >= 0.3 is 12.1 Å². The average molecular weight is 708 g/mol. The molecular formula is C36H36Cl2N4O7. The molecule has 2 aromatic carbocycles. The lowest BCUT2D eigenvalue weighted by Crippen LogP contribution is -2.53. The first-order valence-corrected chi connectivity index (χ1v) is 16.7. The quantitative estimate of drug-likeness (QED) is 0.0990. The van der Waals surface area contributed by atoms with E-state index in [9.17, 15) is 14.8 Å². The number of hydrogen-bond donors (Lipinski definition) is 0. The monoisotopic (exact) mass is 706 g/mol. The van der Waals surface area contributed by atoms with Gasteiger partial charge in [-0.15, -0.1) is 0 Å². The number of piperidine rings is 3. The molecule has 0 N–H and O–H groups in total. The molecule has 5 heterocycles. The molecule has 0 radical (unpaired) electrons. The molecule has 3 fully saturated rings. The first-order chi connectivity index (χ1) is 23.7. The minimum absolute atomic E-state index is 0.0819. The third kappa shape index (κ3) is 8.01. The molecule has 13 heteroatoms. The second-order valence-corrected chi connectivity index (χ2v) is 12.9. The summed E-state index contributed by atoms with van der Waals surface area (Å²) >= 11 is 12.8. The predicted octanol–water partition coefficient (Wildman–Crippen LogP) is 6.42. The Morgan fingerprint density at radius 2 is 1.71 bits per heavy atom. The second kappa shape index (κ2) is 15.3. The highest BCUT2D eigenvalue weighted by atomic mass is 35.5. The molecule has 2 aromatic heterocycles. The molecule has 2 bridgehead atoms. The Kier molecular flexibility index (Phi) is 10.7. The van der Waals surface area contributed by atoms with Crippen molar-refractivity contribution in [3.05, 3.63) is 117 Å². The Morgan fingerprint density at radius 3 is 2.33 bits per heavy atom. The van der Waals surface area contributed by atoms with E-state index in [-0.39, 0.29) is 34.7 Å². The predicted molar refractivity (Wildman–Crippen MR) is 183 cm³/mol. The van der Waals surface area contributed by atoms with Gasteiger partial charge in [0.15, 0.2) is 23.9 Å². The number of carbonyl (C=O) groups excluding carboxylic acids is 2. The Balaban J connectivity index is 1.20. The minimum Gasteiger partial charge on any atom is -0.619 e. The molecule has 3 aliphatic rings. The number of rotatable bonds is 11. The summed E-state index contributed by atoms with van der Waals surface area (Å²) in [5.41, 5.74) is 2.09.